The number of hydrogen-bond donors (Lipinski definition) is 0. The number of rotatable bonds is 2. The van der Waals surface area contributed by atoms with Crippen LogP contribution in [0, 0.1) is 5.92 Å². The summed E-state index contributed by atoms with van der Waals surface area (Å²) in [6.45, 7) is 0. The van der Waals surface area contributed by atoms with Crippen LogP contribution in [0.1, 0.15) is 32.1 Å². The lowest BCUT2D eigenvalue weighted by molar-refractivity contribution is -0.134. The molecule has 1 heterocycles. The SMILES string of the molecule is COC(=O)/C=C/C1C[C@H]2CCCC[C@@H]2O1. The first-order chi connectivity index (χ1) is 7.29. The second-order valence-corrected chi connectivity index (χ2v) is 4.38. The molecule has 3 nitrogen and oxygen atoms in total. The van der Waals surface area contributed by atoms with Crippen molar-refractivity contribution in [3.63, 3.8) is 0 Å². The van der Waals surface area contributed by atoms with E-state index >= 15 is 0 Å². The summed E-state index contributed by atoms with van der Waals surface area (Å²) in [7, 11) is 1.39. The van der Waals surface area contributed by atoms with Gasteiger partial charge in [0, 0.05) is 6.08 Å². The quantitative estimate of drug-likeness (QED) is 0.517. The van der Waals surface area contributed by atoms with Gasteiger partial charge in [-0.1, -0.05) is 12.8 Å². The topological polar surface area (TPSA) is 35.5 Å². The Labute approximate surface area is 90.4 Å². The maximum Gasteiger partial charge on any atom is 0.330 e. The van der Waals surface area contributed by atoms with Gasteiger partial charge in [0.2, 0.25) is 0 Å². The lowest BCUT2D eigenvalue weighted by Crippen LogP contribution is -2.20. The van der Waals surface area contributed by atoms with Gasteiger partial charge in [-0.15, -0.1) is 0 Å². The first-order valence-corrected chi connectivity index (χ1v) is 5.71. The molecule has 0 bridgehead atoms. The Kier molecular flexibility index (Phi) is 3.41. The van der Waals surface area contributed by atoms with E-state index in [1.165, 1.54) is 38.9 Å². The molecule has 3 heteroatoms. The van der Waals surface area contributed by atoms with Crippen LogP contribution in [0.15, 0.2) is 12.2 Å². The van der Waals surface area contributed by atoms with Crippen LogP contribution in [-0.2, 0) is 14.3 Å². The fourth-order valence-corrected chi connectivity index (χ4v) is 2.58. The highest BCUT2D eigenvalue weighted by Crippen LogP contribution is 2.37. The second kappa shape index (κ2) is 4.79. The summed E-state index contributed by atoms with van der Waals surface area (Å²) in [6, 6.07) is 0. The third-order valence-corrected chi connectivity index (χ3v) is 3.37. The van der Waals surface area contributed by atoms with Gasteiger partial charge in [-0.3, -0.25) is 0 Å². The summed E-state index contributed by atoms with van der Waals surface area (Å²) in [4.78, 5) is 10.9. The molecule has 15 heavy (non-hydrogen) atoms. The van der Waals surface area contributed by atoms with Crippen LogP contribution >= 0.6 is 0 Å². The van der Waals surface area contributed by atoms with Crippen molar-refractivity contribution >= 4 is 5.97 Å². The van der Waals surface area contributed by atoms with E-state index < -0.39 is 0 Å². The van der Waals surface area contributed by atoms with Crippen molar-refractivity contribution in [3.05, 3.63) is 12.2 Å². The molecule has 2 fully saturated rings. The van der Waals surface area contributed by atoms with Crippen LogP contribution in [0.25, 0.3) is 0 Å². The minimum Gasteiger partial charge on any atom is -0.466 e. The van der Waals surface area contributed by atoms with Gasteiger partial charge in [-0.2, -0.15) is 0 Å². The zero-order valence-electron chi connectivity index (χ0n) is 9.15. The zero-order valence-corrected chi connectivity index (χ0v) is 9.15. The van der Waals surface area contributed by atoms with Gasteiger partial charge in [0.1, 0.15) is 0 Å². The third-order valence-electron chi connectivity index (χ3n) is 3.37. The molecule has 2 aliphatic rings. The predicted octanol–water partition coefficient (Wildman–Crippen LogP) is 2.06. The molecule has 1 unspecified atom stereocenters. The predicted molar refractivity (Wildman–Crippen MR) is 56.4 cm³/mol. The van der Waals surface area contributed by atoms with E-state index in [1.54, 1.807) is 0 Å². The molecule has 0 aromatic carbocycles. The highest BCUT2D eigenvalue weighted by molar-refractivity contribution is 5.81. The Bertz CT molecular complexity index is 246. The summed E-state index contributed by atoms with van der Waals surface area (Å²) < 4.78 is 10.4. The van der Waals surface area contributed by atoms with Crippen molar-refractivity contribution < 1.29 is 14.3 Å². The van der Waals surface area contributed by atoms with E-state index in [1.807, 2.05) is 6.08 Å². The summed E-state index contributed by atoms with van der Waals surface area (Å²) in [5.41, 5.74) is 0. The van der Waals surface area contributed by atoms with E-state index in [-0.39, 0.29) is 12.1 Å². The van der Waals surface area contributed by atoms with Gasteiger partial charge in [0.15, 0.2) is 0 Å². The minimum absolute atomic E-state index is 0.122. The number of hydrogen-bond acceptors (Lipinski definition) is 3. The summed E-state index contributed by atoms with van der Waals surface area (Å²) >= 11 is 0. The minimum atomic E-state index is -0.298. The summed E-state index contributed by atoms with van der Waals surface area (Å²) in [5.74, 6) is 0.416. The average Bonchev–Trinajstić information content (AvgIpc) is 2.68. The second-order valence-electron chi connectivity index (χ2n) is 4.38. The molecule has 1 saturated carbocycles. The van der Waals surface area contributed by atoms with Gasteiger partial charge in [0.05, 0.1) is 19.3 Å². The van der Waals surface area contributed by atoms with Gasteiger partial charge in [-0.05, 0) is 31.3 Å². The molecule has 1 aliphatic heterocycles. The standard InChI is InChI=1S/C12H18O3/c1-14-12(13)7-6-10-8-9-4-2-3-5-11(9)15-10/h6-7,9-11H,2-5,8H2,1H3/b7-6+/t9-,10?,11+/m1/s1. The number of carbonyl (C=O) groups excluding carboxylic acids is 1. The van der Waals surface area contributed by atoms with Crippen molar-refractivity contribution in [2.75, 3.05) is 7.11 Å². The van der Waals surface area contributed by atoms with Gasteiger partial charge in [-0.25, -0.2) is 4.79 Å². The van der Waals surface area contributed by atoms with Gasteiger partial charge < -0.3 is 9.47 Å². The Balaban J connectivity index is 1.86. The van der Waals surface area contributed by atoms with Crippen molar-refractivity contribution in [2.45, 2.75) is 44.3 Å². The highest BCUT2D eigenvalue weighted by Gasteiger charge is 2.35. The molecule has 0 aromatic heterocycles. The molecular weight excluding hydrogens is 192 g/mol. The van der Waals surface area contributed by atoms with Crippen molar-refractivity contribution in [2.24, 2.45) is 5.92 Å². The monoisotopic (exact) mass is 210 g/mol. The molecular formula is C12H18O3. The summed E-state index contributed by atoms with van der Waals surface area (Å²) in [5, 5.41) is 0. The largest absolute Gasteiger partial charge is 0.466 e. The van der Waals surface area contributed by atoms with Crippen LogP contribution in [0.3, 0.4) is 0 Å². The summed E-state index contributed by atoms with van der Waals surface area (Å²) in [6.07, 6.45) is 10.0. The van der Waals surface area contributed by atoms with Crippen LogP contribution in [0.5, 0.6) is 0 Å². The number of fused-ring (bicyclic) bond motifs is 1. The lowest BCUT2D eigenvalue weighted by Gasteiger charge is -2.22. The van der Waals surface area contributed by atoms with Crippen LogP contribution in [0.4, 0.5) is 0 Å². The number of methoxy groups -OCH3 is 1. The smallest absolute Gasteiger partial charge is 0.330 e. The van der Waals surface area contributed by atoms with E-state index in [2.05, 4.69) is 4.74 Å². The number of carbonyl (C=O) groups is 1. The fourth-order valence-electron chi connectivity index (χ4n) is 2.58. The van der Waals surface area contributed by atoms with Gasteiger partial charge >= 0.3 is 5.97 Å². The van der Waals surface area contributed by atoms with Crippen molar-refractivity contribution in [1.82, 2.24) is 0 Å². The van der Waals surface area contributed by atoms with Crippen LogP contribution < -0.4 is 0 Å². The first-order valence-electron chi connectivity index (χ1n) is 5.71. The van der Waals surface area contributed by atoms with E-state index in [0.717, 1.165) is 6.42 Å². The van der Waals surface area contributed by atoms with E-state index in [4.69, 9.17) is 4.74 Å². The molecule has 3 atom stereocenters. The molecule has 0 radical (unpaired) electrons. The highest BCUT2D eigenvalue weighted by atomic mass is 16.5. The average molecular weight is 210 g/mol. The molecule has 1 saturated heterocycles. The van der Waals surface area contributed by atoms with Crippen LogP contribution in [-0.4, -0.2) is 25.3 Å². The normalized spacial score (nSPS) is 35.4. The first kappa shape index (κ1) is 10.7. The zero-order chi connectivity index (χ0) is 10.7. The Morgan fingerprint density at radius 3 is 2.93 bits per heavy atom. The molecule has 0 aromatic rings. The molecule has 0 N–H and O–H groups in total. The van der Waals surface area contributed by atoms with Crippen molar-refractivity contribution in [3.8, 4) is 0 Å². The molecule has 2 rings (SSSR count). The molecule has 0 amide bonds. The van der Waals surface area contributed by atoms with Crippen molar-refractivity contribution in [1.29, 1.82) is 0 Å². The Hall–Kier alpha value is -0.830. The fraction of sp³-hybridized carbons (Fsp3) is 0.750. The Morgan fingerprint density at radius 2 is 2.20 bits per heavy atom. The maximum atomic E-state index is 10.9. The molecule has 1 aliphatic carbocycles. The molecule has 84 valence electrons. The number of ether oxygens (including phenoxy) is 2. The van der Waals surface area contributed by atoms with Gasteiger partial charge in [0.25, 0.3) is 0 Å². The Morgan fingerprint density at radius 1 is 1.40 bits per heavy atom. The van der Waals surface area contributed by atoms with E-state index in [0.29, 0.717) is 12.0 Å². The number of esters is 1. The van der Waals surface area contributed by atoms with Crippen LogP contribution in [0.2, 0.25) is 0 Å². The third kappa shape index (κ3) is 2.59. The maximum absolute atomic E-state index is 10.9. The molecule has 0 spiro atoms. The van der Waals surface area contributed by atoms with E-state index in [9.17, 15) is 4.79 Å². The lowest BCUT2D eigenvalue weighted by atomic mass is 9.85.